The number of fused-ring (bicyclic) bond motifs is 1. The number of aliphatic hydroxyl groups is 2. The van der Waals surface area contributed by atoms with Crippen LogP contribution in [-0.4, -0.2) is 22.9 Å². The average molecular weight is 238 g/mol. The zero-order chi connectivity index (χ0) is 13.1. The molecule has 0 saturated heterocycles. The predicted octanol–water partition coefficient (Wildman–Crippen LogP) is 2.44. The zero-order valence-electron chi connectivity index (χ0n) is 11.1. The summed E-state index contributed by atoms with van der Waals surface area (Å²) in [5.41, 5.74) is 0.291. The van der Waals surface area contributed by atoms with Crippen LogP contribution in [-0.2, 0) is 0 Å². The van der Waals surface area contributed by atoms with Crippen LogP contribution in [0.25, 0.3) is 0 Å². The molecule has 0 radical (unpaired) electrons. The van der Waals surface area contributed by atoms with E-state index in [0.29, 0.717) is 29.8 Å². The van der Waals surface area contributed by atoms with Gasteiger partial charge in [0.05, 0.1) is 6.10 Å². The highest BCUT2D eigenvalue weighted by Gasteiger charge is 2.51. The van der Waals surface area contributed by atoms with Gasteiger partial charge in [-0.25, -0.2) is 0 Å². The topological polar surface area (TPSA) is 40.5 Å². The second kappa shape index (κ2) is 5.89. The van der Waals surface area contributed by atoms with Crippen molar-refractivity contribution in [3.8, 4) is 12.8 Å². The van der Waals surface area contributed by atoms with Crippen molar-refractivity contribution in [1.82, 2.24) is 0 Å². The molecular weight excluding hydrogens is 212 g/mol. The van der Waals surface area contributed by atoms with Crippen molar-refractivity contribution in [2.75, 3.05) is 6.61 Å². The summed E-state index contributed by atoms with van der Waals surface area (Å²) in [6, 6.07) is 0. The van der Waals surface area contributed by atoms with Crippen molar-refractivity contribution in [3.05, 3.63) is 0 Å². The van der Waals surface area contributed by atoms with Gasteiger partial charge in [-0.05, 0) is 48.9 Å². The van der Waals surface area contributed by atoms with Crippen LogP contribution in [0, 0.1) is 36.0 Å². The molecule has 0 bridgehead atoms. The maximum atomic E-state index is 10.1. The number of hydrogen-bond donors (Lipinski definition) is 2. The van der Waals surface area contributed by atoms with Gasteiger partial charge in [-0.3, -0.25) is 0 Å². The van der Waals surface area contributed by atoms with Gasteiger partial charge in [-0.1, -0.05) is 20.3 Å². The summed E-state index contributed by atoms with van der Waals surface area (Å²) in [6.45, 7) is 4.78. The van der Waals surface area contributed by atoms with E-state index in [2.05, 4.69) is 26.7 Å². The van der Waals surface area contributed by atoms with Gasteiger partial charge < -0.3 is 10.2 Å². The van der Waals surface area contributed by atoms with E-state index < -0.39 is 0 Å². The Morgan fingerprint density at radius 3 is 2.53 bits per heavy atom. The molecule has 0 heterocycles. The van der Waals surface area contributed by atoms with Crippen LogP contribution in [0.2, 0.25) is 0 Å². The molecular formula is C15H26O2. The normalized spacial score (nSPS) is 42.1. The highest BCUT2D eigenvalue weighted by molar-refractivity contribution is 5.01. The van der Waals surface area contributed by atoms with E-state index in [9.17, 15) is 10.2 Å². The molecule has 2 N–H and O–H groups in total. The van der Waals surface area contributed by atoms with Gasteiger partial charge in [0.25, 0.3) is 0 Å². The van der Waals surface area contributed by atoms with Gasteiger partial charge in [0.15, 0.2) is 0 Å². The first-order valence-electron chi connectivity index (χ1n) is 6.72. The van der Waals surface area contributed by atoms with E-state index in [-0.39, 0.29) is 6.10 Å². The molecule has 5 atom stereocenters. The summed E-state index contributed by atoms with van der Waals surface area (Å²) < 4.78 is 0. The minimum Gasteiger partial charge on any atom is -0.396 e. The summed E-state index contributed by atoms with van der Waals surface area (Å²) in [6.07, 6.45) is 13.7. The Kier molecular flexibility index (Phi) is 5.04. The first-order valence-corrected chi connectivity index (χ1v) is 6.72. The fourth-order valence-electron chi connectivity index (χ4n) is 4.25. The van der Waals surface area contributed by atoms with Gasteiger partial charge in [0.1, 0.15) is 0 Å². The lowest BCUT2D eigenvalue weighted by Crippen LogP contribution is -2.41. The van der Waals surface area contributed by atoms with E-state index in [1.54, 1.807) is 0 Å². The van der Waals surface area contributed by atoms with Crippen molar-refractivity contribution in [2.45, 2.75) is 52.1 Å². The molecule has 17 heavy (non-hydrogen) atoms. The summed E-state index contributed by atoms with van der Waals surface area (Å²) in [7, 11) is 0. The lowest BCUT2D eigenvalue weighted by atomic mass is 9.62. The average Bonchev–Trinajstić information content (AvgIpc) is 2.69. The predicted molar refractivity (Wildman–Crippen MR) is 70.3 cm³/mol. The lowest BCUT2D eigenvalue weighted by molar-refractivity contribution is -0.0321. The molecule has 2 nitrogen and oxygen atoms in total. The van der Waals surface area contributed by atoms with E-state index in [0.717, 1.165) is 19.3 Å². The van der Waals surface area contributed by atoms with Crippen LogP contribution in [0.1, 0.15) is 46.0 Å². The van der Waals surface area contributed by atoms with Crippen LogP contribution in [0.4, 0.5) is 0 Å². The molecule has 98 valence electrons. The number of hydrogen-bond acceptors (Lipinski definition) is 2. The van der Waals surface area contributed by atoms with Crippen LogP contribution in [0.15, 0.2) is 0 Å². The minimum absolute atomic E-state index is 0.0837. The Balaban J connectivity index is 0.000000686. The van der Waals surface area contributed by atoms with Crippen LogP contribution < -0.4 is 0 Å². The third-order valence-electron chi connectivity index (χ3n) is 5.14. The third kappa shape index (κ3) is 2.51. The molecule has 0 amide bonds. The highest BCUT2D eigenvalue weighted by Crippen LogP contribution is 2.57. The quantitative estimate of drug-likeness (QED) is 0.725. The number of terminal acetylenes is 1. The van der Waals surface area contributed by atoms with Crippen molar-refractivity contribution in [1.29, 1.82) is 0 Å². The van der Waals surface area contributed by atoms with Gasteiger partial charge in [0.2, 0.25) is 0 Å². The van der Waals surface area contributed by atoms with E-state index in [4.69, 9.17) is 0 Å². The summed E-state index contributed by atoms with van der Waals surface area (Å²) in [5, 5.41) is 19.4. The standard InChI is InChI=1S/C13H24O2.C2H2/c1-9(8-14)10-5-6-11-12(15)4-3-7-13(10,11)2;1-2/h9-12,14-15H,3-8H2,1-2H3;1-2H/t9-,10?,11?,12+,13-;/m1./s1. The molecule has 2 unspecified atom stereocenters. The maximum absolute atomic E-state index is 10.1. The number of aliphatic hydroxyl groups excluding tert-OH is 2. The van der Waals surface area contributed by atoms with Gasteiger partial charge in [-0.15, -0.1) is 12.8 Å². The zero-order valence-corrected chi connectivity index (χ0v) is 11.1. The molecule has 2 aliphatic carbocycles. The molecule has 0 aliphatic heterocycles. The van der Waals surface area contributed by atoms with Crippen LogP contribution in [0.5, 0.6) is 0 Å². The number of rotatable bonds is 2. The second-order valence-electron chi connectivity index (χ2n) is 5.92. The Morgan fingerprint density at radius 2 is 1.94 bits per heavy atom. The molecule has 2 aliphatic rings. The first kappa shape index (κ1) is 14.5. The van der Waals surface area contributed by atoms with Crippen LogP contribution in [0.3, 0.4) is 0 Å². The van der Waals surface area contributed by atoms with Crippen molar-refractivity contribution in [3.63, 3.8) is 0 Å². The smallest absolute Gasteiger partial charge is 0.0573 e. The second-order valence-corrected chi connectivity index (χ2v) is 5.92. The first-order chi connectivity index (χ1) is 8.09. The lowest BCUT2D eigenvalue weighted by Gasteiger charge is -2.45. The van der Waals surface area contributed by atoms with Crippen molar-refractivity contribution < 1.29 is 10.2 Å². The van der Waals surface area contributed by atoms with Gasteiger partial charge >= 0.3 is 0 Å². The van der Waals surface area contributed by atoms with Crippen LogP contribution >= 0.6 is 0 Å². The monoisotopic (exact) mass is 238 g/mol. The molecule has 0 aromatic rings. The SMILES string of the molecule is C#C.C[C@H](CO)C1CCC2[C@@H](O)CCC[C@]12C. The van der Waals surface area contributed by atoms with Crippen molar-refractivity contribution >= 4 is 0 Å². The molecule has 0 spiro atoms. The fraction of sp³-hybridized carbons (Fsp3) is 0.867. The largest absolute Gasteiger partial charge is 0.396 e. The highest BCUT2D eigenvalue weighted by atomic mass is 16.3. The molecule has 0 aromatic heterocycles. The summed E-state index contributed by atoms with van der Waals surface area (Å²) >= 11 is 0. The Hall–Kier alpha value is -0.520. The Labute approximate surface area is 105 Å². The maximum Gasteiger partial charge on any atom is 0.0573 e. The molecule has 0 aromatic carbocycles. The van der Waals surface area contributed by atoms with E-state index >= 15 is 0 Å². The molecule has 2 saturated carbocycles. The van der Waals surface area contributed by atoms with E-state index in [1.165, 1.54) is 12.8 Å². The third-order valence-corrected chi connectivity index (χ3v) is 5.14. The fourth-order valence-corrected chi connectivity index (χ4v) is 4.25. The molecule has 2 fully saturated rings. The Bertz CT molecular complexity index is 261. The molecule has 2 heteroatoms. The van der Waals surface area contributed by atoms with E-state index in [1.807, 2.05) is 0 Å². The van der Waals surface area contributed by atoms with Gasteiger partial charge in [0, 0.05) is 6.61 Å². The minimum atomic E-state index is -0.0837. The summed E-state index contributed by atoms with van der Waals surface area (Å²) in [5.74, 6) is 1.50. The Morgan fingerprint density at radius 1 is 1.29 bits per heavy atom. The van der Waals surface area contributed by atoms with Crippen molar-refractivity contribution in [2.24, 2.45) is 23.2 Å². The molecule has 2 rings (SSSR count). The van der Waals surface area contributed by atoms with Gasteiger partial charge in [-0.2, -0.15) is 0 Å². The summed E-state index contributed by atoms with van der Waals surface area (Å²) in [4.78, 5) is 0.